The summed E-state index contributed by atoms with van der Waals surface area (Å²) < 4.78 is 6.13. The van der Waals surface area contributed by atoms with Crippen molar-refractivity contribution in [1.29, 1.82) is 0 Å². The highest BCUT2D eigenvalue weighted by Gasteiger charge is 2.26. The van der Waals surface area contributed by atoms with E-state index in [1.165, 1.54) is 5.56 Å². The van der Waals surface area contributed by atoms with E-state index >= 15 is 0 Å². The van der Waals surface area contributed by atoms with E-state index in [-0.39, 0.29) is 6.04 Å². The van der Waals surface area contributed by atoms with Crippen LogP contribution in [0.4, 0.5) is 0 Å². The summed E-state index contributed by atoms with van der Waals surface area (Å²) in [5, 5.41) is 7.41. The van der Waals surface area contributed by atoms with Crippen LogP contribution < -0.4 is 4.74 Å². The highest BCUT2D eigenvalue weighted by molar-refractivity contribution is 5.23. The standard InChI is InChI=1S/C23H28N4O/c1-19-16-21(25-24-19)17-26-12-14-27(15-13-26)23(20-8-4-2-5-9-20)18-28-22-10-6-3-7-11-22/h2-11,16,23H,12-15,17-18H2,1H3,(H,24,25). The van der Waals surface area contributed by atoms with Crippen molar-refractivity contribution in [1.82, 2.24) is 20.0 Å². The van der Waals surface area contributed by atoms with Crippen LogP contribution in [-0.4, -0.2) is 52.8 Å². The average Bonchev–Trinajstić information content (AvgIpc) is 3.15. The molecule has 1 saturated heterocycles. The molecule has 1 atom stereocenters. The van der Waals surface area contributed by atoms with Gasteiger partial charge in [0.2, 0.25) is 0 Å². The lowest BCUT2D eigenvalue weighted by Gasteiger charge is -2.39. The van der Waals surface area contributed by atoms with Crippen LogP contribution in [0.15, 0.2) is 66.7 Å². The molecule has 4 rings (SSSR count). The number of H-pyrrole nitrogens is 1. The number of aromatic amines is 1. The van der Waals surface area contributed by atoms with E-state index in [9.17, 15) is 0 Å². The zero-order chi connectivity index (χ0) is 19.2. The number of aryl methyl sites for hydroxylation is 1. The molecule has 0 amide bonds. The van der Waals surface area contributed by atoms with Gasteiger partial charge in [0.1, 0.15) is 12.4 Å². The molecule has 1 N–H and O–H groups in total. The first-order valence-electron chi connectivity index (χ1n) is 9.98. The molecule has 2 heterocycles. The maximum Gasteiger partial charge on any atom is 0.119 e. The van der Waals surface area contributed by atoms with E-state index in [1.54, 1.807) is 0 Å². The number of nitrogens with zero attached hydrogens (tertiary/aromatic N) is 3. The van der Waals surface area contributed by atoms with Gasteiger partial charge < -0.3 is 4.74 Å². The van der Waals surface area contributed by atoms with Gasteiger partial charge in [-0.3, -0.25) is 14.9 Å². The molecule has 146 valence electrons. The van der Waals surface area contributed by atoms with Crippen LogP contribution in [0.2, 0.25) is 0 Å². The Labute approximate surface area is 166 Å². The van der Waals surface area contributed by atoms with E-state index in [4.69, 9.17) is 4.74 Å². The number of benzene rings is 2. The van der Waals surface area contributed by atoms with Gasteiger partial charge in [0.05, 0.1) is 11.7 Å². The topological polar surface area (TPSA) is 44.4 Å². The summed E-state index contributed by atoms with van der Waals surface area (Å²) >= 11 is 0. The number of hydrogen-bond donors (Lipinski definition) is 1. The monoisotopic (exact) mass is 376 g/mol. The second kappa shape index (κ2) is 9.04. The Kier molecular flexibility index (Phi) is 6.04. The first-order chi connectivity index (χ1) is 13.8. The van der Waals surface area contributed by atoms with Gasteiger partial charge in [-0.05, 0) is 30.7 Å². The van der Waals surface area contributed by atoms with Crippen LogP contribution in [0.5, 0.6) is 5.75 Å². The third kappa shape index (κ3) is 4.80. The summed E-state index contributed by atoms with van der Waals surface area (Å²) in [6.07, 6.45) is 0. The van der Waals surface area contributed by atoms with E-state index in [0.29, 0.717) is 6.61 Å². The molecule has 3 aromatic rings. The first kappa shape index (κ1) is 18.7. The number of piperazine rings is 1. The molecular weight excluding hydrogens is 348 g/mol. The lowest BCUT2D eigenvalue weighted by atomic mass is 10.0. The number of hydrogen-bond acceptors (Lipinski definition) is 4. The van der Waals surface area contributed by atoms with Crippen LogP contribution in [0.1, 0.15) is 23.0 Å². The molecular formula is C23H28N4O. The molecule has 0 bridgehead atoms. The molecule has 1 unspecified atom stereocenters. The number of ether oxygens (including phenoxy) is 1. The zero-order valence-corrected chi connectivity index (χ0v) is 16.4. The van der Waals surface area contributed by atoms with Crippen LogP contribution in [0, 0.1) is 6.92 Å². The van der Waals surface area contributed by atoms with Crippen LogP contribution in [-0.2, 0) is 6.54 Å². The van der Waals surface area contributed by atoms with E-state index in [1.807, 2.05) is 37.3 Å². The smallest absolute Gasteiger partial charge is 0.119 e. The predicted octanol–water partition coefficient (Wildman–Crippen LogP) is 3.66. The molecule has 28 heavy (non-hydrogen) atoms. The third-order valence-electron chi connectivity index (χ3n) is 5.33. The average molecular weight is 377 g/mol. The van der Waals surface area contributed by atoms with Crippen molar-refractivity contribution in [2.45, 2.75) is 19.5 Å². The van der Waals surface area contributed by atoms with Crippen molar-refractivity contribution in [2.24, 2.45) is 0 Å². The fourth-order valence-corrected chi connectivity index (χ4v) is 3.80. The third-order valence-corrected chi connectivity index (χ3v) is 5.33. The molecule has 0 aliphatic carbocycles. The second-order valence-electron chi connectivity index (χ2n) is 7.40. The van der Waals surface area contributed by atoms with Gasteiger partial charge in [0.25, 0.3) is 0 Å². The first-order valence-corrected chi connectivity index (χ1v) is 9.98. The van der Waals surface area contributed by atoms with Gasteiger partial charge in [0.15, 0.2) is 0 Å². The molecule has 5 heteroatoms. The van der Waals surface area contributed by atoms with Gasteiger partial charge >= 0.3 is 0 Å². The summed E-state index contributed by atoms with van der Waals surface area (Å²) in [5.41, 5.74) is 3.56. The summed E-state index contributed by atoms with van der Waals surface area (Å²) in [5.74, 6) is 0.927. The Bertz CT molecular complexity index is 841. The van der Waals surface area contributed by atoms with Crippen LogP contribution >= 0.6 is 0 Å². The van der Waals surface area contributed by atoms with E-state index in [2.05, 4.69) is 56.4 Å². The van der Waals surface area contributed by atoms with Gasteiger partial charge in [-0.1, -0.05) is 48.5 Å². The van der Waals surface area contributed by atoms with Crippen molar-refractivity contribution in [3.05, 3.63) is 83.7 Å². The molecule has 1 aliphatic rings. The van der Waals surface area contributed by atoms with Gasteiger partial charge in [-0.25, -0.2) is 0 Å². The second-order valence-corrected chi connectivity index (χ2v) is 7.40. The molecule has 1 aliphatic heterocycles. The minimum absolute atomic E-state index is 0.260. The normalized spacial score (nSPS) is 16.8. The Balaban J connectivity index is 1.39. The Hall–Kier alpha value is -2.63. The Morgan fingerprint density at radius 3 is 2.29 bits per heavy atom. The fraction of sp³-hybridized carbons (Fsp3) is 0.348. The molecule has 1 aromatic heterocycles. The summed E-state index contributed by atoms with van der Waals surface area (Å²) in [4.78, 5) is 5.02. The highest BCUT2D eigenvalue weighted by atomic mass is 16.5. The van der Waals surface area contributed by atoms with Crippen LogP contribution in [0.25, 0.3) is 0 Å². The fourth-order valence-electron chi connectivity index (χ4n) is 3.80. The molecule has 0 saturated carbocycles. The van der Waals surface area contributed by atoms with Gasteiger partial charge in [-0.15, -0.1) is 0 Å². The minimum Gasteiger partial charge on any atom is -0.492 e. The van der Waals surface area contributed by atoms with Crippen molar-refractivity contribution in [3.8, 4) is 5.75 Å². The van der Waals surface area contributed by atoms with E-state index in [0.717, 1.165) is 49.9 Å². The maximum absolute atomic E-state index is 6.13. The molecule has 1 fully saturated rings. The predicted molar refractivity (Wildman–Crippen MR) is 111 cm³/mol. The lowest BCUT2D eigenvalue weighted by molar-refractivity contribution is 0.0672. The van der Waals surface area contributed by atoms with E-state index < -0.39 is 0 Å². The number of para-hydroxylation sites is 1. The minimum atomic E-state index is 0.260. The number of rotatable bonds is 7. The molecule has 5 nitrogen and oxygen atoms in total. The Morgan fingerprint density at radius 1 is 0.964 bits per heavy atom. The largest absolute Gasteiger partial charge is 0.492 e. The molecule has 0 spiro atoms. The molecule has 0 radical (unpaired) electrons. The quantitative estimate of drug-likeness (QED) is 0.684. The van der Waals surface area contributed by atoms with Crippen molar-refractivity contribution >= 4 is 0 Å². The van der Waals surface area contributed by atoms with Gasteiger partial charge in [-0.2, -0.15) is 5.10 Å². The Morgan fingerprint density at radius 2 is 1.64 bits per heavy atom. The summed E-state index contributed by atoms with van der Waals surface area (Å²) in [6.45, 7) is 7.76. The zero-order valence-electron chi connectivity index (χ0n) is 16.4. The summed E-state index contributed by atoms with van der Waals surface area (Å²) in [6, 6.07) is 23.2. The SMILES string of the molecule is Cc1cc(CN2CCN(C(COc3ccccc3)c3ccccc3)CC2)n[nH]1. The van der Waals surface area contributed by atoms with Crippen molar-refractivity contribution in [2.75, 3.05) is 32.8 Å². The number of nitrogens with one attached hydrogen (secondary N) is 1. The van der Waals surface area contributed by atoms with Crippen molar-refractivity contribution in [3.63, 3.8) is 0 Å². The summed E-state index contributed by atoms with van der Waals surface area (Å²) in [7, 11) is 0. The maximum atomic E-state index is 6.13. The van der Waals surface area contributed by atoms with Crippen molar-refractivity contribution < 1.29 is 4.74 Å². The van der Waals surface area contributed by atoms with Crippen LogP contribution in [0.3, 0.4) is 0 Å². The number of aromatic nitrogens is 2. The van der Waals surface area contributed by atoms with Gasteiger partial charge in [0, 0.05) is 38.4 Å². The lowest BCUT2D eigenvalue weighted by Crippen LogP contribution is -2.48. The highest BCUT2D eigenvalue weighted by Crippen LogP contribution is 2.24. The molecule has 2 aromatic carbocycles.